The zero-order valence-corrected chi connectivity index (χ0v) is 10.7. The number of hydrogen-bond donors (Lipinski definition) is 3. The molecule has 5 nitrogen and oxygen atoms in total. The molecule has 0 bridgehead atoms. The van der Waals surface area contributed by atoms with Crippen LogP contribution in [0.3, 0.4) is 0 Å². The molecule has 0 aromatic heterocycles. The Morgan fingerprint density at radius 3 is 2.88 bits per heavy atom. The number of fused-ring (bicyclic) bond motifs is 1. The Labute approximate surface area is 102 Å². The van der Waals surface area contributed by atoms with Crippen LogP contribution in [0, 0.1) is 11.3 Å². The fourth-order valence-electron chi connectivity index (χ4n) is 3.23. The van der Waals surface area contributed by atoms with Crippen molar-refractivity contribution in [3.8, 4) is 0 Å². The van der Waals surface area contributed by atoms with E-state index in [1.807, 2.05) is 13.8 Å². The number of nitrogens with two attached hydrogens (primary N) is 1. The predicted octanol–water partition coefficient (Wildman–Crippen LogP) is -0.374. The van der Waals surface area contributed by atoms with E-state index < -0.39 is 5.54 Å². The number of carbonyl (C=O) groups excluding carboxylic acids is 1. The van der Waals surface area contributed by atoms with Crippen LogP contribution >= 0.6 is 0 Å². The summed E-state index contributed by atoms with van der Waals surface area (Å²) < 4.78 is 5.63. The quantitative estimate of drug-likeness (QED) is 0.630. The number of rotatable bonds is 3. The van der Waals surface area contributed by atoms with Gasteiger partial charge in [-0.25, -0.2) is 0 Å². The molecule has 1 aliphatic heterocycles. The third-order valence-corrected chi connectivity index (χ3v) is 4.48. The van der Waals surface area contributed by atoms with Gasteiger partial charge in [0.25, 0.3) is 0 Å². The Morgan fingerprint density at radius 1 is 1.65 bits per heavy atom. The molecule has 2 rings (SSSR count). The first-order chi connectivity index (χ1) is 7.85. The topological polar surface area (TPSA) is 84.6 Å². The molecule has 0 aromatic carbocycles. The second kappa shape index (κ2) is 3.93. The van der Waals surface area contributed by atoms with E-state index in [4.69, 9.17) is 15.6 Å². The van der Waals surface area contributed by atoms with Gasteiger partial charge in [-0.05, 0) is 13.3 Å². The minimum absolute atomic E-state index is 0.0765. The van der Waals surface area contributed by atoms with Crippen LogP contribution < -0.4 is 11.1 Å². The molecule has 1 aliphatic carbocycles. The lowest BCUT2D eigenvalue weighted by atomic mass is 9.48. The van der Waals surface area contributed by atoms with Crippen molar-refractivity contribution in [1.29, 1.82) is 0 Å². The molecule has 0 spiro atoms. The Bertz CT molecular complexity index is 332. The van der Waals surface area contributed by atoms with Gasteiger partial charge in [0.2, 0.25) is 5.91 Å². The van der Waals surface area contributed by atoms with Crippen molar-refractivity contribution in [2.24, 2.45) is 17.1 Å². The summed E-state index contributed by atoms with van der Waals surface area (Å²) in [5.41, 5.74) is 5.11. The van der Waals surface area contributed by atoms with Crippen LogP contribution in [-0.2, 0) is 9.53 Å². The molecule has 4 atom stereocenters. The van der Waals surface area contributed by atoms with Crippen LogP contribution in [0.1, 0.15) is 27.2 Å². The molecule has 4 N–H and O–H groups in total. The molecule has 1 saturated heterocycles. The van der Waals surface area contributed by atoms with Crippen LogP contribution in [0.25, 0.3) is 0 Å². The van der Waals surface area contributed by atoms with Gasteiger partial charge in [-0.1, -0.05) is 13.8 Å². The van der Waals surface area contributed by atoms with E-state index in [1.165, 1.54) is 0 Å². The molecule has 5 heteroatoms. The highest BCUT2D eigenvalue weighted by Crippen LogP contribution is 2.58. The lowest BCUT2D eigenvalue weighted by Crippen LogP contribution is -2.80. The number of nitrogens with one attached hydrogen (secondary N) is 1. The zero-order chi connectivity index (χ0) is 12.8. The maximum Gasteiger partial charge on any atom is 0.241 e. The van der Waals surface area contributed by atoms with E-state index in [0.717, 1.165) is 6.42 Å². The molecule has 2 aliphatic rings. The van der Waals surface area contributed by atoms with Crippen LogP contribution in [0.5, 0.6) is 0 Å². The second-order valence-corrected chi connectivity index (χ2v) is 5.83. The summed E-state index contributed by atoms with van der Waals surface area (Å²) in [6, 6.07) is -0.264. The molecule has 1 heterocycles. The molecule has 1 saturated carbocycles. The van der Waals surface area contributed by atoms with Gasteiger partial charge in [0.15, 0.2) is 0 Å². The van der Waals surface area contributed by atoms with Gasteiger partial charge < -0.3 is 20.9 Å². The maximum atomic E-state index is 12.3. The van der Waals surface area contributed by atoms with Gasteiger partial charge >= 0.3 is 0 Å². The van der Waals surface area contributed by atoms with Gasteiger partial charge in [-0.15, -0.1) is 0 Å². The summed E-state index contributed by atoms with van der Waals surface area (Å²) in [5, 5.41) is 11.7. The smallest absolute Gasteiger partial charge is 0.241 e. The molecule has 98 valence electrons. The Hall–Kier alpha value is -0.650. The average molecular weight is 242 g/mol. The molecule has 2 fully saturated rings. The van der Waals surface area contributed by atoms with Gasteiger partial charge in [-0.2, -0.15) is 0 Å². The van der Waals surface area contributed by atoms with E-state index in [1.54, 1.807) is 6.92 Å². The number of carbonyl (C=O) groups is 1. The molecule has 0 radical (unpaired) electrons. The van der Waals surface area contributed by atoms with Crippen LogP contribution in [0.2, 0.25) is 0 Å². The van der Waals surface area contributed by atoms with E-state index in [0.29, 0.717) is 6.61 Å². The summed E-state index contributed by atoms with van der Waals surface area (Å²) in [6.07, 6.45) is 0.925. The molecular weight excluding hydrogens is 220 g/mol. The molecular formula is C12H22N2O3. The SMILES string of the molecule is CC(CO)NC(=O)C1(N)C2CCOC2C1(C)C. The van der Waals surface area contributed by atoms with Gasteiger partial charge in [0.05, 0.1) is 12.7 Å². The highest BCUT2D eigenvalue weighted by atomic mass is 16.5. The average Bonchev–Trinajstić information content (AvgIpc) is 2.75. The maximum absolute atomic E-state index is 12.3. The van der Waals surface area contributed by atoms with E-state index >= 15 is 0 Å². The number of amides is 1. The van der Waals surface area contributed by atoms with Gasteiger partial charge in [0, 0.05) is 24.0 Å². The van der Waals surface area contributed by atoms with Gasteiger partial charge in [0.1, 0.15) is 5.54 Å². The number of ether oxygens (including phenoxy) is 1. The summed E-state index contributed by atoms with van der Waals surface area (Å²) in [6.45, 7) is 6.31. The van der Waals surface area contributed by atoms with E-state index in [9.17, 15) is 4.79 Å². The number of aliphatic hydroxyl groups is 1. The summed E-state index contributed by atoms with van der Waals surface area (Å²) in [4.78, 5) is 12.3. The van der Waals surface area contributed by atoms with Crippen LogP contribution in [-0.4, -0.2) is 41.9 Å². The standard InChI is InChI=1S/C12H22N2O3/c1-7(6-15)14-10(16)12(13)8-4-5-17-9(8)11(12,2)3/h7-9,15H,4-6,13H2,1-3H3,(H,14,16). The summed E-state index contributed by atoms with van der Waals surface area (Å²) >= 11 is 0. The van der Waals surface area contributed by atoms with Crippen LogP contribution in [0.4, 0.5) is 0 Å². The fraction of sp³-hybridized carbons (Fsp3) is 0.917. The van der Waals surface area contributed by atoms with E-state index in [2.05, 4.69) is 5.32 Å². The second-order valence-electron chi connectivity index (χ2n) is 5.83. The van der Waals surface area contributed by atoms with E-state index in [-0.39, 0.29) is 36.0 Å². The molecule has 1 amide bonds. The molecule has 0 aromatic rings. The Kier molecular flexibility index (Phi) is 2.96. The van der Waals surface area contributed by atoms with Crippen molar-refractivity contribution in [3.63, 3.8) is 0 Å². The number of aliphatic hydroxyl groups excluding tert-OH is 1. The highest BCUT2D eigenvalue weighted by Gasteiger charge is 2.71. The molecule has 4 unspecified atom stereocenters. The predicted molar refractivity (Wildman–Crippen MR) is 63.2 cm³/mol. The summed E-state index contributed by atoms with van der Waals surface area (Å²) in [5.74, 6) is -0.0702. The summed E-state index contributed by atoms with van der Waals surface area (Å²) in [7, 11) is 0. The first-order valence-electron chi connectivity index (χ1n) is 6.18. The third-order valence-electron chi connectivity index (χ3n) is 4.48. The van der Waals surface area contributed by atoms with Crippen molar-refractivity contribution in [2.75, 3.05) is 13.2 Å². The van der Waals surface area contributed by atoms with Gasteiger partial charge in [-0.3, -0.25) is 4.79 Å². The van der Waals surface area contributed by atoms with Crippen molar-refractivity contribution in [2.45, 2.75) is 44.9 Å². The van der Waals surface area contributed by atoms with Crippen LogP contribution in [0.15, 0.2) is 0 Å². The largest absolute Gasteiger partial charge is 0.394 e. The Balaban J connectivity index is 2.15. The normalized spacial score (nSPS) is 40.3. The number of hydrogen-bond acceptors (Lipinski definition) is 4. The lowest BCUT2D eigenvalue weighted by molar-refractivity contribution is -0.176. The minimum Gasteiger partial charge on any atom is -0.394 e. The lowest BCUT2D eigenvalue weighted by Gasteiger charge is -2.60. The third kappa shape index (κ3) is 1.53. The Morgan fingerprint density at radius 2 is 2.29 bits per heavy atom. The first-order valence-corrected chi connectivity index (χ1v) is 6.18. The molecule has 17 heavy (non-hydrogen) atoms. The first kappa shape index (κ1) is 12.8. The minimum atomic E-state index is -0.877. The van der Waals surface area contributed by atoms with Crippen molar-refractivity contribution in [3.05, 3.63) is 0 Å². The van der Waals surface area contributed by atoms with Crippen molar-refractivity contribution in [1.82, 2.24) is 5.32 Å². The zero-order valence-electron chi connectivity index (χ0n) is 10.7. The fourth-order valence-corrected chi connectivity index (χ4v) is 3.23. The van der Waals surface area contributed by atoms with Crippen molar-refractivity contribution < 1.29 is 14.6 Å². The highest BCUT2D eigenvalue weighted by molar-refractivity contribution is 5.89. The van der Waals surface area contributed by atoms with Crippen molar-refractivity contribution >= 4 is 5.91 Å². The monoisotopic (exact) mass is 242 g/mol.